The first-order chi connectivity index (χ1) is 14.8. The van der Waals surface area contributed by atoms with Crippen LogP contribution in [0.25, 0.3) is 0 Å². The van der Waals surface area contributed by atoms with Gasteiger partial charge in [0.1, 0.15) is 0 Å². The number of aliphatic carboxylic acids is 1. The van der Waals surface area contributed by atoms with E-state index in [2.05, 4.69) is 22.5 Å². The fraction of sp³-hybridized carbons (Fsp3) is 0.417. The Labute approximate surface area is 189 Å². The molecule has 0 spiro atoms. The topological polar surface area (TPSA) is 81.7 Å². The lowest BCUT2D eigenvalue weighted by atomic mass is 10.1. The average molecular weight is 446 g/mol. The second-order valence-electron chi connectivity index (χ2n) is 7.71. The van der Waals surface area contributed by atoms with Crippen LogP contribution >= 0.6 is 11.6 Å². The van der Waals surface area contributed by atoms with E-state index in [0.29, 0.717) is 31.1 Å². The minimum atomic E-state index is -0.786. The maximum atomic E-state index is 12.1. The lowest BCUT2D eigenvalue weighted by molar-refractivity contribution is -0.137. The Bertz CT molecular complexity index is 842. The van der Waals surface area contributed by atoms with Crippen molar-refractivity contribution in [1.82, 2.24) is 15.5 Å². The Balaban J connectivity index is 1.79. The number of amides is 2. The van der Waals surface area contributed by atoms with E-state index in [4.69, 9.17) is 16.7 Å². The van der Waals surface area contributed by atoms with Crippen molar-refractivity contribution in [2.24, 2.45) is 0 Å². The molecule has 0 aromatic heterocycles. The van der Waals surface area contributed by atoms with Gasteiger partial charge in [0, 0.05) is 37.1 Å². The van der Waals surface area contributed by atoms with Crippen molar-refractivity contribution in [3.63, 3.8) is 0 Å². The van der Waals surface area contributed by atoms with Crippen LogP contribution in [0.4, 0.5) is 4.79 Å². The predicted molar refractivity (Wildman–Crippen MR) is 124 cm³/mol. The molecule has 0 bridgehead atoms. The Hall–Kier alpha value is -2.57. The molecule has 3 N–H and O–H groups in total. The molecule has 0 aliphatic carbocycles. The van der Waals surface area contributed by atoms with Gasteiger partial charge in [0.15, 0.2) is 0 Å². The summed E-state index contributed by atoms with van der Waals surface area (Å²) in [5.41, 5.74) is 3.36. The monoisotopic (exact) mass is 445 g/mol. The van der Waals surface area contributed by atoms with Gasteiger partial charge in [-0.15, -0.1) is 0 Å². The fourth-order valence-corrected chi connectivity index (χ4v) is 3.56. The lowest BCUT2D eigenvalue weighted by Crippen LogP contribution is -2.37. The molecule has 2 aromatic carbocycles. The minimum Gasteiger partial charge on any atom is -0.481 e. The van der Waals surface area contributed by atoms with Crippen LogP contribution < -0.4 is 10.6 Å². The number of aryl methyl sites for hydroxylation is 1. The maximum absolute atomic E-state index is 12.1. The van der Waals surface area contributed by atoms with Crippen LogP contribution in [0, 0.1) is 6.92 Å². The normalized spacial score (nSPS) is 11.9. The standard InChI is InChI=1S/C24H32ClN3O3/c1-18-6-3-7-20(16-18)17-27-24(31)26-13-5-15-28(14-4-8-23(29)30)19(2)21-9-11-22(25)12-10-21/h3,6-7,9-12,16,19H,4-5,8,13-15,17H2,1-2H3,(H,29,30)(H2,26,27,31). The van der Waals surface area contributed by atoms with Crippen molar-refractivity contribution in [1.29, 1.82) is 0 Å². The third-order valence-corrected chi connectivity index (χ3v) is 5.43. The summed E-state index contributed by atoms with van der Waals surface area (Å²) in [6.45, 7) is 6.59. The molecule has 0 fully saturated rings. The van der Waals surface area contributed by atoms with Gasteiger partial charge in [-0.05, 0) is 56.5 Å². The van der Waals surface area contributed by atoms with E-state index in [1.807, 2.05) is 55.5 Å². The van der Waals surface area contributed by atoms with Gasteiger partial charge < -0.3 is 15.7 Å². The fourth-order valence-electron chi connectivity index (χ4n) is 3.44. The molecule has 0 aliphatic heterocycles. The third kappa shape index (κ3) is 9.40. The molecule has 2 aromatic rings. The van der Waals surface area contributed by atoms with E-state index in [9.17, 15) is 9.59 Å². The van der Waals surface area contributed by atoms with E-state index in [1.165, 1.54) is 0 Å². The lowest BCUT2D eigenvalue weighted by Gasteiger charge is -2.29. The van der Waals surface area contributed by atoms with Gasteiger partial charge >= 0.3 is 12.0 Å². The number of halogens is 1. The molecule has 1 atom stereocenters. The van der Waals surface area contributed by atoms with Crippen LogP contribution in [0.3, 0.4) is 0 Å². The number of hydrogen-bond donors (Lipinski definition) is 3. The molecular formula is C24H32ClN3O3. The largest absolute Gasteiger partial charge is 0.481 e. The van der Waals surface area contributed by atoms with E-state index >= 15 is 0 Å². The van der Waals surface area contributed by atoms with Crippen LogP contribution in [0.15, 0.2) is 48.5 Å². The number of carbonyl (C=O) groups excluding carboxylic acids is 1. The average Bonchev–Trinajstić information content (AvgIpc) is 2.74. The first-order valence-electron chi connectivity index (χ1n) is 10.6. The maximum Gasteiger partial charge on any atom is 0.315 e. The predicted octanol–water partition coefficient (Wildman–Crippen LogP) is 4.77. The highest BCUT2D eigenvalue weighted by Gasteiger charge is 2.16. The highest BCUT2D eigenvalue weighted by atomic mass is 35.5. The molecule has 0 saturated carbocycles. The summed E-state index contributed by atoms with van der Waals surface area (Å²) in [6, 6.07) is 15.7. The molecule has 0 heterocycles. The molecule has 7 heteroatoms. The second kappa shape index (κ2) is 13.0. The van der Waals surface area contributed by atoms with Crippen molar-refractivity contribution in [3.05, 3.63) is 70.2 Å². The van der Waals surface area contributed by atoms with E-state index < -0.39 is 5.97 Å². The van der Waals surface area contributed by atoms with E-state index in [-0.39, 0.29) is 18.5 Å². The van der Waals surface area contributed by atoms with Crippen molar-refractivity contribution < 1.29 is 14.7 Å². The first-order valence-corrected chi connectivity index (χ1v) is 11.0. The highest BCUT2D eigenvalue weighted by Crippen LogP contribution is 2.22. The van der Waals surface area contributed by atoms with Crippen molar-refractivity contribution in [2.75, 3.05) is 19.6 Å². The van der Waals surface area contributed by atoms with Gasteiger partial charge in [-0.2, -0.15) is 0 Å². The molecule has 168 valence electrons. The number of carboxylic acid groups (broad SMARTS) is 1. The van der Waals surface area contributed by atoms with Crippen molar-refractivity contribution >= 4 is 23.6 Å². The van der Waals surface area contributed by atoms with Gasteiger partial charge in [-0.25, -0.2) is 4.79 Å². The number of carbonyl (C=O) groups is 2. The second-order valence-corrected chi connectivity index (χ2v) is 8.15. The summed E-state index contributed by atoms with van der Waals surface area (Å²) in [6.07, 6.45) is 1.49. The summed E-state index contributed by atoms with van der Waals surface area (Å²) in [5, 5.41) is 15.4. The molecule has 31 heavy (non-hydrogen) atoms. The molecule has 0 saturated heterocycles. The zero-order chi connectivity index (χ0) is 22.6. The number of carboxylic acids is 1. The zero-order valence-corrected chi connectivity index (χ0v) is 19.0. The van der Waals surface area contributed by atoms with Crippen molar-refractivity contribution in [3.8, 4) is 0 Å². The number of nitrogens with one attached hydrogen (secondary N) is 2. The SMILES string of the molecule is Cc1cccc(CNC(=O)NCCCN(CCCC(=O)O)C(C)c2ccc(Cl)cc2)c1. The number of benzene rings is 2. The molecule has 0 radical (unpaired) electrons. The Morgan fingerprint density at radius 1 is 1.06 bits per heavy atom. The minimum absolute atomic E-state index is 0.126. The van der Waals surface area contributed by atoms with Crippen LogP contribution in [-0.4, -0.2) is 41.6 Å². The van der Waals surface area contributed by atoms with E-state index in [0.717, 1.165) is 29.7 Å². The van der Waals surface area contributed by atoms with Gasteiger partial charge in [-0.1, -0.05) is 53.6 Å². The summed E-state index contributed by atoms with van der Waals surface area (Å²) < 4.78 is 0. The smallest absolute Gasteiger partial charge is 0.315 e. The van der Waals surface area contributed by atoms with Crippen LogP contribution in [0.2, 0.25) is 5.02 Å². The Kier molecular flexibility index (Phi) is 10.3. The highest BCUT2D eigenvalue weighted by molar-refractivity contribution is 6.30. The number of urea groups is 1. The molecule has 0 aliphatic rings. The molecule has 1 unspecified atom stereocenters. The van der Waals surface area contributed by atoms with Gasteiger partial charge in [0.05, 0.1) is 0 Å². The summed E-state index contributed by atoms with van der Waals surface area (Å²) in [5.74, 6) is -0.786. The van der Waals surface area contributed by atoms with Gasteiger partial charge in [-0.3, -0.25) is 9.69 Å². The summed E-state index contributed by atoms with van der Waals surface area (Å²) in [7, 11) is 0. The molecule has 6 nitrogen and oxygen atoms in total. The Morgan fingerprint density at radius 3 is 2.45 bits per heavy atom. The van der Waals surface area contributed by atoms with E-state index in [1.54, 1.807) is 0 Å². The zero-order valence-electron chi connectivity index (χ0n) is 18.2. The van der Waals surface area contributed by atoms with Crippen molar-refractivity contribution in [2.45, 2.75) is 45.7 Å². The van der Waals surface area contributed by atoms with Gasteiger partial charge in [0.25, 0.3) is 0 Å². The molecule has 2 amide bonds. The van der Waals surface area contributed by atoms with Crippen LogP contribution in [0.5, 0.6) is 0 Å². The first kappa shape index (κ1) is 24.7. The van der Waals surface area contributed by atoms with Crippen LogP contribution in [0.1, 0.15) is 48.9 Å². The quantitative estimate of drug-likeness (QED) is 0.411. The molecular weight excluding hydrogens is 414 g/mol. The number of hydrogen-bond acceptors (Lipinski definition) is 3. The summed E-state index contributed by atoms with van der Waals surface area (Å²) in [4.78, 5) is 25.2. The number of rotatable bonds is 12. The van der Waals surface area contributed by atoms with Crippen LogP contribution in [-0.2, 0) is 11.3 Å². The Morgan fingerprint density at radius 2 is 1.77 bits per heavy atom. The summed E-state index contributed by atoms with van der Waals surface area (Å²) >= 11 is 5.99. The molecule has 2 rings (SSSR count). The number of nitrogens with zero attached hydrogens (tertiary/aromatic N) is 1. The van der Waals surface area contributed by atoms with Gasteiger partial charge in [0.2, 0.25) is 0 Å². The third-order valence-electron chi connectivity index (χ3n) is 5.18.